The van der Waals surface area contributed by atoms with E-state index in [4.69, 9.17) is 10.6 Å². The maximum Gasteiger partial charge on any atom is 0.323 e. The quantitative estimate of drug-likeness (QED) is 0.189. The Kier molecular flexibility index (Phi) is 3.01. The molecule has 12 heavy (non-hydrogen) atoms. The van der Waals surface area contributed by atoms with Crippen LogP contribution in [0, 0.1) is 0 Å². The van der Waals surface area contributed by atoms with E-state index in [1.54, 1.807) is 5.43 Å². The fraction of sp³-hybridized carbons (Fsp3) is 0.667. The van der Waals surface area contributed by atoms with Gasteiger partial charge in [0.15, 0.2) is 0 Å². The highest BCUT2D eigenvalue weighted by Gasteiger charge is 2.22. The summed E-state index contributed by atoms with van der Waals surface area (Å²) in [6.45, 7) is 1.85. The van der Waals surface area contributed by atoms with Gasteiger partial charge in [-0.1, -0.05) is 0 Å². The molecule has 1 heterocycles. The lowest BCUT2D eigenvalue weighted by Gasteiger charge is -2.25. The van der Waals surface area contributed by atoms with Crippen molar-refractivity contribution < 1.29 is 14.3 Å². The van der Waals surface area contributed by atoms with E-state index in [1.165, 1.54) is 4.90 Å². The van der Waals surface area contributed by atoms with Gasteiger partial charge in [0.2, 0.25) is 0 Å². The molecule has 0 atom stereocenters. The SMILES string of the molecule is NNC(=O)C(=O)N1CCOCC1. The van der Waals surface area contributed by atoms with Crippen LogP contribution < -0.4 is 11.3 Å². The van der Waals surface area contributed by atoms with Crippen molar-refractivity contribution in [2.24, 2.45) is 5.84 Å². The average Bonchev–Trinajstić information content (AvgIpc) is 2.17. The lowest BCUT2D eigenvalue weighted by atomic mass is 10.4. The van der Waals surface area contributed by atoms with Gasteiger partial charge in [0.05, 0.1) is 13.2 Å². The third-order valence-electron chi connectivity index (χ3n) is 1.62. The summed E-state index contributed by atoms with van der Waals surface area (Å²) in [5.41, 5.74) is 1.79. The van der Waals surface area contributed by atoms with Gasteiger partial charge in [-0.25, -0.2) is 5.84 Å². The summed E-state index contributed by atoms with van der Waals surface area (Å²) in [6, 6.07) is 0. The lowest BCUT2D eigenvalue weighted by Crippen LogP contribution is -2.49. The molecule has 2 amide bonds. The molecular formula is C6H11N3O3. The highest BCUT2D eigenvalue weighted by Crippen LogP contribution is 1.96. The summed E-state index contributed by atoms with van der Waals surface area (Å²) in [6.07, 6.45) is 0. The molecule has 1 aliphatic rings. The second-order valence-corrected chi connectivity index (χ2v) is 2.38. The van der Waals surface area contributed by atoms with Crippen molar-refractivity contribution in [2.75, 3.05) is 26.3 Å². The van der Waals surface area contributed by atoms with Crippen molar-refractivity contribution in [3.63, 3.8) is 0 Å². The van der Waals surface area contributed by atoms with Gasteiger partial charge >= 0.3 is 11.8 Å². The Morgan fingerprint density at radius 2 is 1.92 bits per heavy atom. The first-order valence-electron chi connectivity index (χ1n) is 3.63. The molecule has 0 aromatic heterocycles. The molecule has 3 N–H and O–H groups in total. The number of rotatable bonds is 0. The van der Waals surface area contributed by atoms with Crippen molar-refractivity contribution in [1.82, 2.24) is 10.3 Å². The summed E-state index contributed by atoms with van der Waals surface area (Å²) < 4.78 is 5.01. The number of morpholine rings is 1. The van der Waals surface area contributed by atoms with Crippen LogP contribution in [0.5, 0.6) is 0 Å². The largest absolute Gasteiger partial charge is 0.378 e. The molecule has 6 heteroatoms. The zero-order chi connectivity index (χ0) is 8.97. The second-order valence-electron chi connectivity index (χ2n) is 2.38. The van der Waals surface area contributed by atoms with Crippen molar-refractivity contribution in [3.05, 3.63) is 0 Å². The van der Waals surface area contributed by atoms with Crippen LogP contribution in [-0.2, 0) is 14.3 Å². The molecule has 1 fully saturated rings. The number of amides is 2. The molecule has 0 aromatic rings. The fourth-order valence-electron chi connectivity index (χ4n) is 0.972. The van der Waals surface area contributed by atoms with Gasteiger partial charge in [-0.3, -0.25) is 15.0 Å². The van der Waals surface area contributed by atoms with E-state index >= 15 is 0 Å². The standard InChI is InChI=1S/C6H11N3O3/c7-8-5(10)6(11)9-1-3-12-4-2-9/h1-4,7H2,(H,8,10). The smallest absolute Gasteiger partial charge is 0.323 e. The number of nitrogens with two attached hydrogens (primary N) is 1. The third-order valence-corrected chi connectivity index (χ3v) is 1.62. The number of hydrazine groups is 1. The Balaban J connectivity index is 2.45. The summed E-state index contributed by atoms with van der Waals surface area (Å²) in [5, 5.41) is 0. The Labute approximate surface area is 69.6 Å². The molecule has 0 radical (unpaired) electrons. The van der Waals surface area contributed by atoms with Crippen LogP contribution in [-0.4, -0.2) is 43.0 Å². The van der Waals surface area contributed by atoms with E-state index in [0.717, 1.165) is 0 Å². The highest BCUT2D eigenvalue weighted by atomic mass is 16.5. The first-order chi connectivity index (χ1) is 5.75. The van der Waals surface area contributed by atoms with Crippen molar-refractivity contribution in [3.8, 4) is 0 Å². The molecule has 1 aliphatic heterocycles. The summed E-state index contributed by atoms with van der Waals surface area (Å²) in [5.74, 6) is 3.42. The molecule has 0 bridgehead atoms. The topological polar surface area (TPSA) is 84.7 Å². The van der Waals surface area contributed by atoms with Crippen LogP contribution in [0.25, 0.3) is 0 Å². The predicted octanol–water partition coefficient (Wildman–Crippen LogP) is -2.16. The molecule has 0 aromatic carbocycles. The summed E-state index contributed by atoms with van der Waals surface area (Å²) in [4.78, 5) is 23.3. The first-order valence-corrected chi connectivity index (χ1v) is 3.63. The van der Waals surface area contributed by atoms with E-state index in [2.05, 4.69) is 0 Å². The maximum absolute atomic E-state index is 11.1. The van der Waals surface area contributed by atoms with Gasteiger partial charge < -0.3 is 9.64 Å². The molecule has 0 unspecified atom stereocenters. The Morgan fingerprint density at radius 1 is 1.33 bits per heavy atom. The minimum atomic E-state index is -0.781. The van der Waals surface area contributed by atoms with Crippen LogP contribution in [0.4, 0.5) is 0 Å². The van der Waals surface area contributed by atoms with Gasteiger partial charge in [-0.2, -0.15) is 0 Å². The Bertz CT molecular complexity index is 188. The third kappa shape index (κ3) is 1.93. The van der Waals surface area contributed by atoms with Crippen molar-refractivity contribution >= 4 is 11.8 Å². The monoisotopic (exact) mass is 173 g/mol. The molecule has 0 spiro atoms. The Morgan fingerprint density at radius 3 is 2.42 bits per heavy atom. The van der Waals surface area contributed by atoms with E-state index < -0.39 is 11.8 Å². The molecule has 68 valence electrons. The first kappa shape index (κ1) is 8.95. The van der Waals surface area contributed by atoms with Gasteiger partial charge in [0.1, 0.15) is 0 Å². The van der Waals surface area contributed by atoms with Crippen LogP contribution in [0.3, 0.4) is 0 Å². The van der Waals surface area contributed by atoms with Crippen LogP contribution in [0.1, 0.15) is 0 Å². The summed E-state index contributed by atoms with van der Waals surface area (Å²) in [7, 11) is 0. The number of hydrogen-bond donors (Lipinski definition) is 2. The van der Waals surface area contributed by atoms with Crippen molar-refractivity contribution in [1.29, 1.82) is 0 Å². The van der Waals surface area contributed by atoms with E-state index in [1.807, 2.05) is 0 Å². The maximum atomic E-state index is 11.1. The van der Waals surface area contributed by atoms with Crippen LogP contribution >= 0.6 is 0 Å². The van der Waals surface area contributed by atoms with E-state index in [-0.39, 0.29) is 0 Å². The van der Waals surface area contributed by atoms with Gasteiger partial charge in [-0.15, -0.1) is 0 Å². The lowest BCUT2D eigenvalue weighted by molar-refractivity contribution is -0.148. The Hall–Kier alpha value is -1.14. The van der Waals surface area contributed by atoms with E-state index in [0.29, 0.717) is 26.3 Å². The van der Waals surface area contributed by atoms with Gasteiger partial charge in [0.25, 0.3) is 0 Å². The number of nitrogens with zero attached hydrogens (tertiary/aromatic N) is 1. The average molecular weight is 173 g/mol. The normalized spacial score (nSPS) is 17.2. The van der Waals surface area contributed by atoms with E-state index in [9.17, 15) is 9.59 Å². The zero-order valence-electron chi connectivity index (χ0n) is 6.58. The number of ether oxygens (including phenoxy) is 1. The number of hydrogen-bond acceptors (Lipinski definition) is 4. The van der Waals surface area contributed by atoms with Gasteiger partial charge in [0, 0.05) is 13.1 Å². The molecule has 1 saturated heterocycles. The summed E-state index contributed by atoms with van der Waals surface area (Å²) >= 11 is 0. The molecule has 0 saturated carbocycles. The minimum Gasteiger partial charge on any atom is -0.378 e. The van der Waals surface area contributed by atoms with Crippen LogP contribution in [0.2, 0.25) is 0 Å². The number of nitrogens with one attached hydrogen (secondary N) is 1. The second kappa shape index (κ2) is 4.03. The zero-order valence-corrected chi connectivity index (χ0v) is 6.58. The molecule has 1 rings (SSSR count). The number of carbonyl (C=O) groups excluding carboxylic acids is 2. The minimum absolute atomic E-state index is 0.451. The highest BCUT2D eigenvalue weighted by molar-refractivity contribution is 6.34. The van der Waals surface area contributed by atoms with Gasteiger partial charge in [-0.05, 0) is 0 Å². The van der Waals surface area contributed by atoms with Crippen molar-refractivity contribution in [2.45, 2.75) is 0 Å². The predicted molar refractivity (Wildman–Crippen MR) is 39.7 cm³/mol. The number of carbonyl (C=O) groups is 2. The molecule has 0 aliphatic carbocycles. The molecule has 6 nitrogen and oxygen atoms in total. The molecular weight excluding hydrogens is 162 g/mol. The fourth-order valence-corrected chi connectivity index (χ4v) is 0.972. The van der Waals surface area contributed by atoms with Crippen LogP contribution in [0.15, 0.2) is 0 Å².